The first-order valence-corrected chi connectivity index (χ1v) is 11.8. The molecule has 1 rings (SSSR count). The van der Waals surface area contributed by atoms with Gasteiger partial charge in [0.25, 0.3) is 5.91 Å². The Labute approximate surface area is 188 Å². The van der Waals surface area contributed by atoms with Gasteiger partial charge in [0.05, 0.1) is 17.1 Å². The van der Waals surface area contributed by atoms with Crippen LogP contribution in [0.4, 0.5) is 0 Å². The van der Waals surface area contributed by atoms with E-state index in [0.717, 1.165) is 6.07 Å². The molecule has 0 saturated carbocycles. The van der Waals surface area contributed by atoms with Gasteiger partial charge in [0.15, 0.2) is 6.61 Å². The van der Waals surface area contributed by atoms with Gasteiger partial charge in [-0.2, -0.15) is 4.31 Å². The molecule has 11 heteroatoms. The standard InChI is InChI=1S/C20H30ClN3O6S/c1-6-23(12-18(25)22-14(4)5)19(26)13-30-20(27)15-9-10-16(21)17(11-15)31(28,29)24(7-2)8-3/h9-11,14H,6-8,12-13H2,1-5H3,(H,22,25). The molecule has 1 aromatic rings. The first kappa shape index (κ1) is 26.9. The minimum absolute atomic E-state index is 0.0205. The highest BCUT2D eigenvalue weighted by molar-refractivity contribution is 7.89. The van der Waals surface area contributed by atoms with E-state index in [1.165, 1.54) is 21.3 Å². The number of sulfonamides is 1. The molecule has 9 nitrogen and oxygen atoms in total. The van der Waals surface area contributed by atoms with Gasteiger partial charge in [0.1, 0.15) is 4.90 Å². The van der Waals surface area contributed by atoms with E-state index in [2.05, 4.69) is 5.32 Å². The number of ether oxygens (including phenoxy) is 1. The summed E-state index contributed by atoms with van der Waals surface area (Å²) < 4.78 is 31.8. The molecule has 0 atom stereocenters. The van der Waals surface area contributed by atoms with Gasteiger partial charge in [-0.05, 0) is 39.0 Å². The number of hydrogen-bond donors (Lipinski definition) is 1. The van der Waals surface area contributed by atoms with Crippen LogP contribution >= 0.6 is 11.6 Å². The molecule has 2 amide bonds. The van der Waals surface area contributed by atoms with E-state index in [9.17, 15) is 22.8 Å². The summed E-state index contributed by atoms with van der Waals surface area (Å²) in [5.41, 5.74) is -0.0523. The number of benzene rings is 1. The lowest BCUT2D eigenvalue weighted by molar-refractivity contribution is -0.138. The lowest BCUT2D eigenvalue weighted by Gasteiger charge is -2.21. The summed E-state index contributed by atoms with van der Waals surface area (Å²) in [5, 5.41) is 2.66. The van der Waals surface area contributed by atoms with Crippen LogP contribution in [-0.2, 0) is 24.3 Å². The number of halogens is 1. The highest BCUT2D eigenvalue weighted by atomic mass is 35.5. The van der Waals surface area contributed by atoms with Gasteiger partial charge in [-0.25, -0.2) is 13.2 Å². The topological polar surface area (TPSA) is 113 Å². The Bertz CT molecular complexity index is 900. The molecule has 174 valence electrons. The van der Waals surface area contributed by atoms with Crippen LogP contribution in [0.15, 0.2) is 23.1 Å². The van der Waals surface area contributed by atoms with Crippen molar-refractivity contribution in [1.82, 2.24) is 14.5 Å². The van der Waals surface area contributed by atoms with Crippen molar-refractivity contribution in [3.05, 3.63) is 28.8 Å². The number of hydrogen-bond acceptors (Lipinski definition) is 6. The maximum absolute atomic E-state index is 12.8. The lowest BCUT2D eigenvalue weighted by atomic mass is 10.2. The lowest BCUT2D eigenvalue weighted by Crippen LogP contribution is -2.44. The first-order chi connectivity index (χ1) is 14.5. The highest BCUT2D eigenvalue weighted by Crippen LogP contribution is 2.26. The molecule has 0 aliphatic rings. The van der Waals surface area contributed by atoms with E-state index in [4.69, 9.17) is 16.3 Å². The summed E-state index contributed by atoms with van der Waals surface area (Å²) in [4.78, 5) is 37.6. The Kier molecular flexibility index (Phi) is 10.4. The largest absolute Gasteiger partial charge is 0.452 e. The molecule has 1 aromatic carbocycles. The zero-order valence-electron chi connectivity index (χ0n) is 18.5. The third-order valence-corrected chi connectivity index (χ3v) is 6.87. The Hall–Kier alpha value is -2.17. The molecule has 0 bridgehead atoms. The van der Waals surface area contributed by atoms with E-state index < -0.39 is 28.5 Å². The molecule has 1 N–H and O–H groups in total. The monoisotopic (exact) mass is 475 g/mol. The second-order valence-corrected chi connectivity index (χ2v) is 9.25. The van der Waals surface area contributed by atoms with Crippen LogP contribution in [0.2, 0.25) is 5.02 Å². The predicted octanol–water partition coefficient (Wildman–Crippen LogP) is 1.90. The van der Waals surface area contributed by atoms with Gasteiger partial charge in [-0.1, -0.05) is 25.4 Å². The summed E-state index contributed by atoms with van der Waals surface area (Å²) in [7, 11) is -3.89. The minimum Gasteiger partial charge on any atom is -0.452 e. The molecular formula is C20H30ClN3O6S. The Balaban J connectivity index is 2.91. The van der Waals surface area contributed by atoms with Crippen molar-refractivity contribution in [3.8, 4) is 0 Å². The molecule has 0 fully saturated rings. The Morgan fingerprint density at radius 3 is 2.23 bits per heavy atom. The first-order valence-electron chi connectivity index (χ1n) is 10.0. The quantitative estimate of drug-likeness (QED) is 0.489. The highest BCUT2D eigenvalue weighted by Gasteiger charge is 2.26. The number of amides is 2. The van der Waals surface area contributed by atoms with E-state index in [0.29, 0.717) is 0 Å². The second-order valence-electron chi connectivity index (χ2n) is 6.94. The Morgan fingerprint density at radius 1 is 1.10 bits per heavy atom. The third kappa shape index (κ3) is 7.48. The van der Waals surface area contributed by atoms with Crippen LogP contribution in [0.1, 0.15) is 45.0 Å². The summed E-state index contributed by atoms with van der Waals surface area (Å²) in [5.74, 6) is -1.73. The molecule has 0 heterocycles. The van der Waals surface area contributed by atoms with Gasteiger partial charge >= 0.3 is 5.97 Å². The van der Waals surface area contributed by atoms with E-state index in [1.54, 1.807) is 34.6 Å². The van der Waals surface area contributed by atoms with Crippen molar-refractivity contribution in [2.24, 2.45) is 0 Å². The average molecular weight is 476 g/mol. The van der Waals surface area contributed by atoms with Crippen LogP contribution in [0.5, 0.6) is 0 Å². The molecule has 0 aliphatic carbocycles. The van der Waals surface area contributed by atoms with Crippen LogP contribution in [-0.4, -0.2) is 74.2 Å². The summed E-state index contributed by atoms with van der Waals surface area (Å²) in [6, 6.07) is 3.69. The molecule has 31 heavy (non-hydrogen) atoms. The van der Waals surface area contributed by atoms with Crippen molar-refractivity contribution in [2.45, 2.75) is 45.6 Å². The fourth-order valence-electron chi connectivity index (χ4n) is 2.75. The zero-order chi connectivity index (χ0) is 23.8. The molecule has 0 unspecified atom stereocenters. The van der Waals surface area contributed by atoms with Crippen LogP contribution in [0.3, 0.4) is 0 Å². The SMILES string of the molecule is CCN(CC(=O)NC(C)C)C(=O)COC(=O)c1ccc(Cl)c(S(=O)(=O)N(CC)CC)c1. The summed E-state index contributed by atoms with van der Waals surface area (Å²) in [6.07, 6.45) is 0. The minimum atomic E-state index is -3.89. The zero-order valence-corrected chi connectivity index (χ0v) is 20.0. The van der Waals surface area contributed by atoms with Gasteiger partial charge < -0.3 is 15.0 Å². The molecule has 0 aromatic heterocycles. The van der Waals surface area contributed by atoms with Gasteiger partial charge in [0.2, 0.25) is 15.9 Å². The predicted molar refractivity (Wildman–Crippen MR) is 117 cm³/mol. The molecule has 0 spiro atoms. The molecule has 0 aliphatic heterocycles. The van der Waals surface area contributed by atoms with Gasteiger partial charge in [-0.3, -0.25) is 9.59 Å². The van der Waals surface area contributed by atoms with E-state index in [1.807, 2.05) is 0 Å². The van der Waals surface area contributed by atoms with E-state index >= 15 is 0 Å². The molecule has 0 radical (unpaired) electrons. The van der Waals surface area contributed by atoms with Gasteiger partial charge in [-0.15, -0.1) is 0 Å². The van der Waals surface area contributed by atoms with Crippen molar-refractivity contribution >= 4 is 39.4 Å². The molecular weight excluding hydrogens is 446 g/mol. The smallest absolute Gasteiger partial charge is 0.338 e. The number of esters is 1. The average Bonchev–Trinajstić information content (AvgIpc) is 2.70. The fraction of sp³-hybridized carbons (Fsp3) is 0.550. The second kappa shape index (κ2) is 12.0. The Morgan fingerprint density at radius 2 is 1.71 bits per heavy atom. The summed E-state index contributed by atoms with van der Waals surface area (Å²) in [6.45, 7) is 8.71. The van der Waals surface area contributed by atoms with Crippen molar-refractivity contribution in [1.29, 1.82) is 0 Å². The van der Waals surface area contributed by atoms with Crippen molar-refractivity contribution < 1.29 is 27.5 Å². The van der Waals surface area contributed by atoms with Gasteiger partial charge in [0, 0.05) is 25.7 Å². The normalized spacial score (nSPS) is 11.5. The maximum Gasteiger partial charge on any atom is 0.338 e. The van der Waals surface area contributed by atoms with E-state index in [-0.39, 0.29) is 53.6 Å². The number of rotatable bonds is 11. The fourth-order valence-corrected chi connectivity index (χ4v) is 4.71. The number of nitrogens with zero attached hydrogens (tertiary/aromatic N) is 2. The number of carbonyl (C=O) groups excluding carboxylic acids is 3. The van der Waals surface area contributed by atoms with Crippen molar-refractivity contribution in [3.63, 3.8) is 0 Å². The number of likely N-dealkylation sites (N-methyl/N-ethyl adjacent to an activating group) is 1. The van der Waals surface area contributed by atoms with Crippen molar-refractivity contribution in [2.75, 3.05) is 32.8 Å². The number of nitrogens with one attached hydrogen (secondary N) is 1. The van der Waals surface area contributed by atoms with Crippen LogP contribution < -0.4 is 5.32 Å². The number of carbonyl (C=O) groups is 3. The third-order valence-electron chi connectivity index (χ3n) is 4.34. The maximum atomic E-state index is 12.8. The molecule has 0 saturated heterocycles. The van der Waals surface area contributed by atoms with Crippen LogP contribution in [0.25, 0.3) is 0 Å². The van der Waals surface area contributed by atoms with Crippen LogP contribution in [0, 0.1) is 0 Å². The summed E-state index contributed by atoms with van der Waals surface area (Å²) >= 11 is 6.06.